The van der Waals surface area contributed by atoms with Crippen molar-refractivity contribution in [1.29, 1.82) is 0 Å². The molecule has 2 heterocycles. The van der Waals surface area contributed by atoms with E-state index >= 15 is 0 Å². The van der Waals surface area contributed by atoms with Gasteiger partial charge in [0, 0.05) is 55.7 Å². The highest BCUT2D eigenvalue weighted by Gasteiger charge is 2.19. The number of fused-ring (bicyclic) bond motifs is 5. The van der Waals surface area contributed by atoms with Gasteiger partial charge in [0.05, 0.1) is 22.4 Å². The number of pyridine rings is 2. The van der Waals surface area contributed by atoms with E-state index in [0.717, 1.165) is 95.1 Å². The maximum absolute atomic E-state index is 5.10. The maximum atomic E-state index is 5.10. The Morgan fingerprint density at radius 1 is 0.257 bits per heavy atom. The first kappa shape index (κ1) is 44.3. The van der Waals surface area contributed by atoms with E-state index in [1.54, 1.807) is 0 Å². The molecule has 13 rings (SSSR count). The van der Waals surface area contributed by atoms with Crippen molar-refractivity contribution in [1.82, 2.24) is 9.97 Å². The number of rotatable bonds is 10. The second kappa shape index (κ2) is 18.8. The Kier molecular flexibility index (Phi) is 11.3. The predicted molar refractivity (Wildman–Crippen MR) is 313 cm³/mol. The van der Waals surface area contributed by atoms with E-state index in [-0.39, 0.29) is 0 Å². The van der Waals surface area contributed by atoms with Gasteiger partial charge < -0.3 is 9.80 Å². The molecule has 0 aliphatic heterocycles. The zero-order valence-electron chi connectivity index (χ0n) is 41.2. The van der Waals surface area contributed by atoms with Crippen LogP contribution in [0.4, 0.5) is 34.1 Å². The first-order valence-electron chi connectivity index (χ1n) is 25.3. The second-order valence-corrected chi connectivity index (χ2v) is 19.1. The molecular formula is C70H50N4. The lowest BCUT2D eigenvalue weighted by molar-refractivity contribution is 1.23. The van der Waals surface area contributed by atoms with Gasteiger partial charge in [0.1, 0.15) is 0 Å². The Labute approximate surface area is 431 Å². The van der Waals surface area contributed by atoms with Crippen LogP contribution < -0.4 is 9.80 Å². The average Bonchev–Trinajstić information content (AvgIpc) is 3.46. The number of aryl methyl sites for hydroxylation is 2. The molecule has 11 aromatic carbocycles. The molecular weight excluding hydrogens is 897 g/mol. The molecule has 0 N–H and O–H groups in total. The molecule has 0 unspecified atom stereocenters. The second-order valence-electron chi connectivity index (χ2n) is 19.1. The van der Waals surface area contributed by atoms with Crippen LogP contribution in [-0.4, -0.2) is 9.97 Å². The first-order valence-corrected chi connectivity index (χ1v) is 25.3. The normalized spacial score (nSPS) is 11.4. The summed E-state index contributed by atoms with van der Waals surface area (Å²) in [7, 11) is 0. The number of benzene rings is 11. The molecule has 0 radical (unpaired) electrons. The summed E-state index contributed by atoms with van der Waals surface area (Å²) >= 11 is 0. The number of hydrogen-bond donors (Lipinski definition) is 0. The van der Waals surface area contributed by atoms with Gasteiger partial charge in [0.15, 0.2) is 0 Å². The van der Waals surface area contributed by atoms with Crippen LogP contribution in [0.25, 0.3) is 87.9 Å². The predicted octanol–water partition coefficient (Wildman–Crippen LogP) is 19.3. The summed E-state index contributed by atoms with van der Waals surface area (Å²) in [6, 6.07) is 96.2. The zero-order valence-corrected chi connectivity index (χ0v) is 41.2. The molecule has 350 valence electrons. The lowest BCUT2D eigenvalue weighted by atomic mass is 9.94. The summed E-state index contributed by atoms with van der Waals surface area (Å²) in [5, 5.41) is 6.99. The standard InChI is InChI=1S/C70H50N4/c1-47-44-65(53-16-6-3-7-17-53)63-42-43-64-66(45-48(2)72-70(64)69(63)71-47)54-30-28-51(29-31-54)55-36-41-62-56(46-55)20-15-27-68(62)74(58-23-10-5-11-24-58)60-39-34-50(35-40-60)49-32-37-59(38-33-49)73(57-21-8-4-9-22-57)67-26-14-19-52-18-12-13-25-61(52)67/h3-46H,1-2H3. The number of hydrogen-bond acceptors (Lipinski definition) is 4. The summed E-state index contributed by atoms with van der Waals surface area (Å²) in [4.78, 5) is 14.9. The number of aromatic nitrogens is 2. The quantitative estimate of drug-likeness (QED) is 0.128. The summed E-state index contributed by atoms with van der Waals surface area (Å²) < 4.78 is 0. The third-order valence-corrected chi connectivity index (χ3v) is 14.3. The van der Waals surface area contributed by atoms with E-state index in [9.17, 15) is 0 Å². The van der Waals surface area contributed by atoms with Crippen molar-refractivity contribution in [3.05, 3.63) is 278 Å². The summed E-state index contributed by atoms with van der Waals surface area (Å²) in [6.45, 7) is 4.15. The van der Waals surface area contributed by atoms with Gasteiger partial charge in [-0.3, -0.25) is 9.97 Å². The van der Waals surface area contributed by atoms with E-state index in [1.807, 2.05) is 0 Å². The molecule has 0 amide bonds. The molecule has 0 atom stereocenters. The van der Waals surface area contributed by atoms with Crippen molar-refractivity contribution < 1.29 is 0 Å². The van der Waals surface area contributed by atoms with Crippen molar-refractivity contribution in [2.24, 2.45) is 0 Å². The lowest BCUT2D eigenvalue weighted by Gasteiger charge is -2.27. The van der Waals surface area contributed by atoms with Gasteiger partial charge in [-0.05, 0) is 148 Å². The van der Waals surface area contributed by atoms with Gasteiger partial charge in [-0.15, -0.1) is 0 Å². The number of anilines is 6. The monoisotopic (exact) mass is 946 g/mol. The van der Waals surface area contributed by atoms with Crippen molar-refractivity contribution >= 4 is 77.5 Å². The van der Waals surface area contributed by atoms with E-state index in [1.165, 1.54) is 38.2 Å². The molecule has 0 aliphatic rings. The fourth-order valence-corrected chi connectivity index (χ4v) is 10.8. The third kappa shape index (κ3) is 8.19. The van der Waals surface area contributed by atoms with Crippen LogP contribution in [0.1, 0.15) is 11.4 Å². The average molecular weight is 947 g/mol. The van der Waals surface area contributed by atoms with Crippen LogP contribution in [-0.2, 0) is 0 Å². The molecule has 0 aliphatic carbocycles. The minimum atomic E-state index is 0.933. The van der Waals surface area contributed by atoms with E-state index in [4.69, 9.17) is 9.97 Å². The molecule has 4 heteroatoms. The Morgan fingerprint density at radius 2 is 0.622 bits per heavy atom. The topological polar surface area (TPSA) is 32.3 Å². The van der Waals surface area contributed by atoms with Crippen LogP contribution >= 0.6 is 0 Å². The SMILES string of the molecule is Cc1cc(-c2ccccc2)c2ccc3c(-c4ccc(-c5ccc6c(N(c7ccccc7)c7ccc(-c8ccc(N(c9ccccc9)c9cccc%10ccccc9%10)cc8)cc7)cccc6c5)cc4)cc(C)nc3c2n1. The van der Waals surface area contributed by atoms with Crippen LogP contribution in [0.5, 0.6) is 0 Å². The van der Waals surface area contributed by atoms with Crippen molar-refractivity contribution in [2.45, 2.75) is 13.8 Å². The Balaban J connectivity index is 0.805. The van der Waals surface area contributed by atoms with Gasteiger partial charge >= 0.3 is 0 Å². The highest BCUT2D eigenvalue weighted by molar-refractivity contribution is 6.12. The van der Waals surface area contributed by atoms with E-state index in [0.29, 0.717) is 0 Å². The van der Waals surface area contributed by atoms with Crippen molar-refractivity contribution in [3.63, 3.8) is 0 Å². The Morgan fingerprint density at radius 3 is 1.16 bits per heavy atom. The summed E-state index contributed by atoms with van der Waals surface area (Å²) in [5.41, 5.74) is 19.8. The van der Waals surface area contributed by atoms with Gasteiger partial charge in [-0.1, -0.05) is 188 Å². The van der Waals surface area contributed by atoms with Crippen molar-refractivity contribution in [2.75, 3.05) is 9.80 Å². The molecule has 13 aromatic rings. The first-order chi connectivity index (χ1) is 36.5. The van der Waals surface area contributed by atoms with Crippen molar-refractivity contribution in [3.8, 4) is 44.5 Å². The smallest absolute Gasteiger partial charge is 0.0974 e. The fourth-order valence-electron chi connectivity index (χ4n) is 10.8. The molecule has 74 heavy (non-hydrogen) atoms. The highest BCUT2D eigenvalue weighted by Crippen LogP contribution is 2.43. The molecule has 0 fully saturated rings. The minimum Gasteiger partial charge on any atom is -0.310 e. The van der Waals surface area contributed by atoms with Gasteiger partial charge in [-0.2, -0.15) is 0 Å². The number of para-hydroxylation sites is 2. The maximum Gasteiger partial charge on any atom is 0.0974 e. The largest absolute Gasteiger partial charge is 0.310 e. The van der Waals surface area contributed by atoms with Crippen LogP contribution in [0, 0.1) is 13.8 Å². The zero-order chi connectivity index (χ0) is 49.5. The fraction of sp³-hybridized carbons (Fsp3) is 0.0286. The molecule has 0 bridgehead atoms. The number of nitrogens with zero attached hydrogens (tertiary/aromatic N) is 4. The molecule has 4 nitrogen and oxygen atoms in total. The lowest BCUT2D eigenvalue weighted by Crippen LogP contribution is -2.10. The molecule has 0 saturated carbocycles. The van der Waals surface area contributed by atoms with Gasteiger partial charge in [0.25, 0.3) is 0 Å². The summed E-state index contributed by atoms with van der Waals surface area (Å²) in [5.74, 6) is 0. The van der Waals surface area contributed by atoms with E-state index in [2.05, 4.69) is 291 Å². The summed E-state index contributed by atoms with van der Waals surface area (Å²) in [6.07, 6.45) is 0. The van der Waals surface area contributed by atoms with E-state index < -0.39 is 0 Å². The Hall–Kier alpha value is -9.64. The molecule has 0 spiro atoms. The highest BCUT2D eigenvalue weighted by atomic mass is 15.1. The van der Waals surface area contributed by atoms with Crippen LogP contribution in [0.2, 0.25) is 0 Å². The molecule has 2 aromatic heterocycles. The Bertz CT molecular complexity index is 4170. The third-order valence-electron chi connectivity index (χ3n) is 14.3. The van der Waals surface area contributed by atoms with Crippen LogP contribution in [0.3, 0.4) is 0 Å². The molecule has 0 saturated heterocycles. The minimum absolute atomic E-state index is 0.933. The van der Waals surface area contributed by atoms with Gasteiger partial charge in [0.2, 0.25) is 0 Å². The van der Waals surface area contributed by atoms with Gasteiger partial charge in [-0.25, -0.2) is 0 Å². The van der Waals surface area contributed by atoms with Crippen LogP contribution in [0.15, 0.2) is 267 Å².